The van der Waals surface area contributed by atoms with Crippen molar-refractivity contribution in [2.45, 2.75) is 19.5 Å². The molecule has 0 bridgehead atoms. The molecule has 0 radical (unpaired) electrons. The average Bonchev–Trinajstić information content (AvgIpc) is 3.76. The van der Waals surface area contributed by atoms with Crippen molar-refractivity contribution in [3.05, 3.63) is 119 Å². The number of aryl methyl sites for hydroxylation is 1. The van der Waals surface area contributed by atoms with Crippen molar-refractivity contribution < 1.29 is 44.4 Å². The number of carbonyl (C=O) groups excluding carboxylic acids is 1. The van der Waals surface area contributed by atoms with Gasteiger partial charge >= 0.3 is 23.9 Å². The zero-order chi connectivity index (χ0) is 36.3. The van der Waals surface area contributed by atoms with E-state index < -0.39 is 23.9 Å². The summed E-state index contributed by atoms with van der Waals surface area (Å²) in [6.45, 7) is 6.61. The number of carbonyl (C=O) groups is 5. The number of fused-ring (bicyclic) bond motifs is 1. The van der Waals surface area contributed by atoms with Crippen molar-refractivity contribution in [1.82, 2.24) is 19.4 Å². The molecular formula is C36H38N4O9S. The van der Waals surface area contributed by atoms with Gasteiger partial charge in [-0.1, -0.05) is 60.7 Å². The molecule has 2 aromatic carbocycles. The topological polar surface area (TPSA) is 191 Å². The van der Waals surface area contributed by atoms with E-state index >= 15 is 0 Å². The van der Waals surface area contributed by atoms with Gasteiger partial charge in [-0.05, 0) is 29.1 Å². The Hall–Kier alpha value is -5.70. The van der Waals surface area contributed by atoms with Gasteiger partial charge in [0.25, 0.3) is 0 Å². The van der Waals surface area contributed by atoms with Crippen LogP contribution in [0.5, 0.6) is 0 Å². The molecule has 0 saturated carbocycles. The maximum Gasteiger partial charge on any atom is 0.328 e. The Morgan fingerprint density at radius 1 is 0.700 bits per heavy atom. The molecule has 1 aliphatic heterocycles. The fourth-order valence-corrected chi connectivity index (χ4v) is 5.48. The molecule has 3 heterocycles. The summed E-state index contributed by atoms with van der Waals surface area (Å²) in [5.41, 5.74) is 3.37. The molecule has 1 aliphatic rings. The highest BCUT2D eigenvalue weighted by molar-refractivity contribution is 7.12. The summed E-state index contributed by atoms with van der Waals surface area (Å²) in [6, 6.07) is 22.6. The highest BCUT2D eigenvalue weighted by Gasteiger charge is 2.20. The van der Waals surface area contributed by atoms with Crippen molar-refractivity contribution >= 4 is 58.1 Å². The van der Waals surface area contributed by atoms with Crippen LogP contribution in [0.15, 0.2) is 102 Å². The molecule has 0 aliphatic carbocycles. The van der Waals surface area contributed by atoms with Crippen LogP contribution in [0, 0.1) is 0 Å². The van der Waals surface area contributed by atoms with E-state index in [1.54, 1.807) is 0 Å². The number of Topliss-reactive ketones (excluding diaryl/α,β-unsaturated/α-hetero) is 1. The fourth-order valence-electron chi connectivity index (χ4n) is 4.79. The van der Waals surface area contributed by atoms with Gasteiger partial charge in [0.1, 0.15) is 5.82 Å². The lowest BCUT2D eigenvalue weighted by Gasteiger charge is -2.34. The minimum absolute atomic E-state index is 0.205. The SMILES string of the molecule is O=C(CCn1c(CN2CCN(C/C=C\c3ccccc3)CC2)nc2ccccc21)c1cccs1.O=C(O)/C=C/C(=O)O.O=C(O)/C=C/C(=O)O. The molecule has 0 unspecified atom stereocenters. The first kappa shape index (κ1) is 38.7. The fraction of sp³-hybridized carbons (Fsp3) is 0.222. The Morgan fingerprint density at radius 2 is 1.26 bits per heavy atom. The maximum absolute atomic E-state index is 12.6. The number of benzene rings is 2. The molecule has 0 atom stereocenters. The Kier molecular flexibility index (Phi) is 16.0. The minimum Gasteiger partial charge on any atom is -0.478 e. The lowest BCUT2D eigenvalue weighted by Crippen LogP contribution is -2.46. The van der Waals surface area contributed by atoms with E-state index in [2.05, 4.69) is 62.9 Å². The highest BCUT2D eigenvalue weighted by Crippen LogP contribution is 2.20. The number of carboxylic acids is 4. The molecule has 262 valence electrons. The van der Waals surface area contributed by atoms with Crippen LogP contribution in [0.1, 0.15) is 27.5 Å². The van der Waals surface area contributed by atoms with E-state index in [9.17, 15) is 24.0 Å². The summed E-state index contributed by atoms with van der Waals surface area (Å²) >= 11 is 1.52. The summed E-state index contributed by atoms with van der Waals surface area (Å²) in [7, 11) is 0. The van der Waals surface area contributed by atoms with Crippen LogP contribution in [0.2, 0.25) is 0 Å². The van der Waals surface area contributed by atoms with Crippen LogP contribution in [-0.2, 0) is 32.3 Å². The van der Waals surface area contributed by atoms with Gasteiger partial charge in [-0.25, -0.2) is 24.2 Å². The van der Waals surface area contributed by atoms with Gasteiger partial charge in [-0.3, -0.25) is 14.6 Å². The summed E-state index contributed by atoms with van der Waals surface area (Å²) < 4.78 is 2.25. The van der Waals surface area contributed by atoms with Crippen LogP contribution in [0.4, 0.5) is 0 Å². The molecule has 5 rings (SSSR count). The number of para-hydroxylation sites is 2. The summed E-state index contributed by atoms with van der Waals surface area (Å²) in [5, 5.41) is 33.2. The number of hydrogen-bond acceptors (Lipinski definition) is 9. The second-order valence-electron chi connectivity index (χ2n) is 10.7. The van der Waals surface area contributed by atoms with Crippen molar-refractivity contribution in [2.75, 3.05) is 32.7 Å². The second-order valence-corrected chi connectivity index (χ2v) is 11.7. The van der Waals surface area contributed by atoms with Gasteiger partial charge < -0.3 is 25.0 Å². The zero-order valence-corrected chi connectivity index (χ0v) is 27.9. The molecule has 13 nitrogen and oxygen atoms in total. The number of thiophene rings is 1. The first-order valence-electron chi connectivity index (χ1n) is 15.5. The molecule has 4 N–H and O–H groups in total. The Bertz CT molecular complexity index is 1740. The smallest absolute Gasteiger partial charge is 0.328 e. The number of nitrogens with zero attached hydrogens (tertiary/aromatic N) is 4. The predicted octanol–water partition coefficient (Wildman–Crippen LogP) is 4.63. The Labute approximate surface area is 292 Å². The van der Waals surface area contributed by atoms with E-state index in [-0.39, 0.29) is 5.78 Å². The summed E-state index contributed by atoms with van der Waals surface area (Å²) in [4.78, 5) is 61.6. The van der Waals surface area contributed by atoms with E-state index in [1.807, 2.05) is 35.7 Å². The van der Waals surface area contributed by atoms with Crippen LogP contribution in [0.3, 0.4) is 0 Å². The predicted molar refractivity (Wildman–Crippen MR) is 189 cm³/mol. The van der Waals surface area contributed by atoms with E-state index in [0.717, 1.165) is 61.0 Å². The average molecular weight is 703 g/mol. The maximum atomic E-state index is 12.6. The highest BCUT2D eigenvalue weighted by atomic mass is 32.1. The number of piperazine rings is 1. The standard InChI is InChI=1S/C28H30N4OS.2C4H4O4/c33-26(27-13-7-21-34-27)14-16-32-25-12-5-4-11-24(25)29-28(32)22-31-19-17-30(18-20-31)15-6-10-23-8-2-1-3-9-23;2*5-3(6)1-2-4(7)8/h1-13,21H,14-20,22H2;2*1-2H,(H,5,6)(H,7,8)/b10-6-;2*2-1+. The number of aliphatic carboxylic acids is 4. The normalized spacial score (nSPS) is 13.5. The molecule has 14 heteroatoms. The number of hydrogen-bond donors (Lipinski definition) is 4. The molecule has 0 spiro atoms. The van der Waals surface area contributed by atoms with Crippen LogP contribution in [-0.4, -0.2) is 102 Å². The molecular weight excluding hydrogens is 664 g/mol. The van der Waals surface area contributed by atoms with E-state index in [4.69, 9.17) is 25.4 Å². The molecule has 50 heavy (non-hydrogen) atoms. The van der Waals surface area contributed by atoms with E-state index in [1.165, 1.54) is 16.9 Å². The third-order valence-electron chi connectivity index (χ3n) is 7.13. The monoisotopic (exact) mass is 702 g/mol. The van der Waals surface area contributed by atoms with Crippen molar-refractivity contribution in [1.29, 1.82) is 0 Å². The Morgan fingerprint density at radius 3 is 1.82 bits per heavy atom. The first-order chi connectivity index (χ1) is 24.0. The van der Waals surface area contributed by atoms with Crippen LogP contribution in [0.25, 0.3) is 17.1 Å². The number of rotatable bonds is 13. The number of carboxylic acid groups (broad SMARTS) is 4. The third-order valence-corrected chi connectivity index (χ3v) is 8.04. The first-order valence-corrected chi connectivity index (χ1v) is 16.3. The van der Waals surface area contributed by atoms with Gasteiger partial charge in [0.2, 0.25) is 0 Å². The lowest BCUT2D eigenvalue weighted by molar-refractivity contribution is -0.134. The quantitative estimate of drug-likeness (QED) is 0.112. The third kappa shape index (κ3) is 14.2. The van der Waals surface area contributed by atoms with Gasteiger partial charge in [0.15, 0.2) is 5.78 Å². The molecule has 1 saturated heterocycles. The number of imidazole rings is 1. The van der Waals surface area contributed by atoms with Gasteiger partial charge in [0, 0.05) is 70.0 Å². The van der Waals surface area contributed by atoms with Crippen LogP contribution >= 0.6 is 11.3 Å². The van der Waals surface area contributed by atoms with Gasteiger partial charge in [-0.2, -0.15) is 0 Å². The van der Waals surface area contributed by atoms with E-state index in [0.29, 0.717) is 37.3 Å². The number of aromatic nitrogens is 2. The number of ketones is 1. The van der Waals surface area contributed by atoms with Crippen molar-refractivity contribution in [3.63, 3.8) is 0 Å². The molecule has 0 amide bonds. The van der Waals surface area contributed by atoms with Crippen molar-refractivity contribution in [2.24, 2.45) is 0 Å². The molecule has 1 fully saturated rings. The second kappa shape index (κ2) is 20.6. The van der Waals surface area contributed by atoms with Gasteiger partial charge in [0.05, 0.1) is 22.5 Å². The van der Waals surface area contributed by atoms with Gasteiger partial charge in [-0.15, -0.1) is 11.3 Å². The Balaban J connectivity index is 0.000000352. The largest absolute Gasteiger partial charge is 0.478 e. The zero-order valence-electron chi connectivity index (χ0n) is 27.1. The molecule has 4 aromatic rings. The minimum atomic E-state index is -1.26. The lowest BCUT2D eigenvalue weighted by atomic mass is 10.2. The van der Waals surface area contributed by atoms with Crippen LogP contribution < -0.4 is 0 Å². The molecule has 2 aromatic heterocycles. The van der Waals surface area contributed by atoms with Crippen molar-refractivity contribution in [3.8, 4) is 0 Å². The summed E-state index contributed by atoms with van der Waals surface area (Å²) in [5.74, 6) is -3.77. The summed E-state index contributed by atoms with van der Waals surface area (Å²) in [6.07, 6.45) is 7.19.